The number of ether oxygens (including phenoxy) is 7. The van der Waals surface area contributed by atoms with Crippen molar-refractivity contribution in [2.75, 3.05) is 0 Å². The predicted molar refractivity (Wildman–Crippen MR) is 193 cm³/mol. The highest BCUT2D eigenvalue weighted by atomic mass is 16.7. The second-order valence-corrected chi connectivity index (χ2v) is 15.9. The molecule has 0 bridgehead atoms. The van der Waals surface area contributed by atoms with Gasteiger partial charge in [0.2, 0.25) is 0 Å². The summed E-state index contributed by atoms with van der Waals surface area (Å²) in [5, 5.41) is 0. The van der Waals surface area contributed by atoms with Crippen LogP contribution in [0.15, 0.2) is 36.4 Å². The van der Waals surface area contributed by atoms with Gasteiger partial charge in [-0.3, -0.25) is 0 Å². The third kappa shape index (κ3) is 9.65. The molecule has 0 amide bonds. The third-order valence-electron chi connectivity index (χ3n) is 11.0. The summed E-state index contributed by atoms with van der Waals surface area (Å²) in [6.07, 6.45) is 18.3. The lowest BCUT2D eigenvalue weighted by atomic mass is 9.67. The normalized spacial score (nSPS) is 25.4. The Kier molecular flexibility index (Phi) is 12.0. The van der Waals surface area contributed by atoms with Crippen LogP contribution in [0.4, 0.5) is 0 Å². The van der Waals surface area contributed by atoms with E-state index in [9.17, 15) is 0 Å². The van der Waals surface area contributed by atoms with Gasteiger partial charge in [0, 0.05) is 35.1 Å². The highest BCUT2D eigenvalue weighted by molar-refractivity contribution is 5.56. The lowest BCUT2D eigenvalue weighted by molar-refractivity contribution is -0.119. The van der Waals surface area contributed by atoms with Gasteiger partial charge < -0.3 is 33.2 Å². The first-order valence-corrected chi connectivity index (χ1v) is 19.5. The maximum absolute atomic E-state index is 6.75. The van der Waals surface area contributed by atoms with Crippen LogP contribution in [0.5, 0.6) is 23.0 Å². The molecular weight excluding hydrogens is 616 g/mol. The van der Waals surface area contributed by atoms with E-state index in [-0.39, 0.29) is 30.9 Å². The fourth-order valence-corrected chi connectivity index (χ4v) is 8.83. The van der Waals surface area contributed by atoms with Crippen LogP contribution in [-0.4, -0.2) is 42.8 Å². The van der Waals surface area contributed by atoms with Crippen LogP contribution in [0, 0.1) is 0 Å². The highest BCUT2D eigenvalue weighted by Crippen LogP contribution is 2.52. The van der Waals surface area contributed by atoms with Gasteiger partial charge in [0.15, 0.2) is 18.9 Å². The van der Waals surface area contributed by atoms with Gasteiger partial charge >= 0.3 is 0 Å². The third-order valence-corrected chi connectivity index (χ3v) is 11.0. The molecule has 0 saturated heterocycles. The molecule has 4 atom stereocenters. The average molecular weight is 679 g/mol. The van der Waals surface area contributed by atoms with Crippen molar-refractivity contribution in [2.24, 2.45) is 0 Å². The van der Waals surface area contributed by atoms with E-state index < -0.39 is 17.3 Å². The Labute approximate surface area is 295 Å². The first-order valence-electron chi connectivity index (χ1n) is 19.5. The molecule has 0 N–H and O–H groups in total. The molecule has 4 aliphatic rings. The van der Waals surface area contributed by atoms with Crippen LogP contribution in [0.2, 0.25) is 0 Å². The predicted octanol–water partition coefficient (Wildman–Crippen LogP) is 10.8. The molecule has 7 nitrogen and oxygen atoms in total. The number of hydrogen-bond donors (Lipinski definition) is 0. The van der Waals surface area contributed by atoms with E-state index in [0.29, 0.717) is 0 Å². The van der Waals surface area contributed by atoms with E-state index in [2.05, 4.69) is 45.0 Å². The van der Waals surface area contributed by atoms with Gasteiger partial charge in [-0.05, 0) is 85.3 Å². The van der Waals surface area contributed by atoms with Crippen LogP contribution in [0.1, 0.15) is 155 Å². The number of fused-ring (bicyclic) bond motifs is 1. The van der Waals surface area contributed by atoms with E-state index in [1.807, 2.05) is 32.9 Å². The van der Waals surface area contributed by atoms with Crippen LogP contribution in [-0.2, 0) is 19.6 Å². The van der Waals surface area contributed by atoms with Crippen LogP contribution in [0.3, 0.4) is 0 Å². The van der Waals surface area contributed by atoms with Gasteiger partial charge in [-0.25, -0.2) is 0 Å². The SMILES string of the molecule is CC(Oc1ccc(C2(C)CC(C)(C)Oc3cc(OC(C)OC4CCCCC4)ccc32)c(OC(C)OC2CCCCC2)c1)OC1CCCCC1. The van der Waals surface area contributed by atoms with Gasteiger partial charge in [0.1, 0.15) is 28.6 Å². The van der Waals surface area contributed by atoms with Gasteiger partial charge in [0.25, 0.3) is 0 Å². The van der Waals surface area contributed by atoms with Crippen molar-refractivity contribution < 1.29 is 33.2 Å². The summed E-state index contributed by atoms with van der Waals surface area (Å²) >= 11 is 0. The lowest BCUT2D eigenvalue weighted by Crippen LogP contribution is -2.43. The Morgan fingerprint density at radius 3 is 1.47 bits per heavy atom. The first-order chi connectivity index (χ1) is 23.6. The molecule has 1 aliphatic heterocycles. The summed E-state index contributed by atoms with van der Waals surface area (Å²) in [5.74, 6) is 3.08. The Bertz CT molecular complexity index is 1340. The zero-order valence-electron chi connectivity index (χ0n) is 31.1. The minimum atomic E-state index is -0.427. The summed E-state index contributed by atoms with van der Waals surface area (Å²) < 4.78 is 45.1. The fourth-order valence-electron chi connectivity index (χ4n) is 8.83. The van der Waals surface area contributed by atoms with Crippen molar-refractivity contribution in [1.29, 1.82) is 0 Å². The second kappa shape index (κ2) is 16.2. The van der Waals surface area contributed by atoms with E-state index in [4.69, 9.17) is 33.2 Å². The van der Waals surface area contributed by atoms with Crippen molar-refractivity contribution in [3.8, 4) is 23.0 Å². The Balaban J connectivity index is 1.26. The fraction of sp³-hybridized carbons (Fsp3) is 0.714. The lowest BCUT2D eigenvalue weighted by Gasteiger charge is -2.45. The minimum Gasteiger partial charge on any atom is -0.487 e. The molecule has 3 fully saturated rings. The molecule has 0 aromatic heterocycles. The quantitative estimate of drug-likeness (QED) is 0.195. The molecule has 2 aromatic carbocycles. The molecule has 0 spiro atoms. The molecule has 272 valence electrons. The zero-order chi connectivity index (χ0) is 34.4. The summed E-state index contributed by atoms with van der Waals surface area (Å²) in [7, 11) is 0. The van der Waals surface area contributed by atoms with Gasteiger partial charge in [-0.1, -0.05) is 76.8 Å². The zero-order valence-corrected chi connectivity index (χ0v) is 31.1. The van der Waals surface area contributed by atoms with Crippen LogP contribution >= 0.6 is 0 Å². The monoisotopic (exact) mass is 678 g/mol. The molecule has 3 aliphatic carbocycles. The number of rotatable bonds is 13. The van der Waals surface area contributed by atoms with Crippen molar-refractivity contribution in [2.45, 2.75) is 192 Å². The molecule has 0 radical (unpaired) electrons. The largest absolute Gasteiger partial charge is 0.487 e. The van der Waals surface area contributed by atoms with Gasteiger partial charge in [-0.2, -0.15) is 0 Å². The molecule has 2 aromatic rings. The van der Waals surface area contributed by atoms with Crippen LogP contribution in [0.25, 0.3) is 0 Å². The maximum atomic E-state index is 6.75. The summed E-state index contributed by atoms with van der Waals surface area (Å²) in [5.41, 5.74) is 1.35. The number of hydrogen-bond acceptors (Lipinski definition) is 7. The summed E-state index contributed by atoms with van der Waals surface area (Å²) in [6.45, 7) is 12.6. The molecule has 1 heterocycles. The average Bonchev–Trinajstić information content (AvgIpc) is 3.05. The Morgan fingerprint density at radius 1 is 0.551 bits per heavy atom. The second-order valence-electron chi connectivity index (χ2n) is 15.9. The molecular formula is C42H62O7. The van der Waals surface area contributed by atoms with Gasteiger partial charge in [0.05, 0.1) is 18.3 Å². The maximum Gasteiger partial charge on any atom is 0.197 e. The summed E-state index contributed by atoms with van der Waals surface area (Å²) in [4.78, 5) is 0. The first kappa shape index (κ1) is 36.3. The molecule has 6 rings (SSSR count). The molecule has 7 heteroatoms. The van der Waals surface area contributed by atoms with E-state index in [1.165, 1.54) is 57.8 Å². The van der Waals surface area contributed by atoms with E-state index >= 15 is 0 Å². The topological polar surface area (TPSA) is 64.6 Å². The Hall–Kier alpha value is -2.48. The van der Waals surface area contributed by atoms with Crippen LogP contribution < -0.4 is 18.9 Å². The Morgan fingerprint density at radius 2 is 0.980 bits per heavy atom. The van der Waals surface area contributed by atoms with E-state index in [0.717, 1.165) is 79.1 Å². The highest BCUT2D eigenvalue weighted by Gasteiger charge is 2.45. The smallest absolute Gasteiger partial charge is 0.197 e. The molecule has 49 heavy (non-hydrogen) atoms. The standard InChI is InChI=1S/C42H62O7/c1-29(43-32-16-10-7-11-17-32)46-35-22-24-37(39(26-35)48-31(3)45-34-20-14-9-15-21-34)42(6)28-41(4,5)49-40-27-36(23-25-38(40)42)47-30(2)44-33-18-12-8-13-19-33/h22-27,29-34H,7-21,28H2,1-6H3. The van der Waals surface area contributed by atoms with Gasteiger partial charge in [-0.15, -0.1) is 0 Å². The van der Waals surface area contributed by atoms with Crippen molar-refractivity contribution in [3.63, 3.8) is 0 Å². The number of benzene rings is 2. The molecule has 3 saturated carbocycles. The van der Waals surface area contributed by atoms with Crippen molar-refractivity contribution in [1.82, 2.24) is 0 Å². The van der Waals surface area contributed by atoms with E-state index in [1.54, 1.807) is 0 Å². The minimum absolute atomic E-state index is 0.233. The summed E-state index contributed by atoms with van der Waals surface area (Å²) in [6, 6.07) is 12.5. The van der Waals surface area contributed by atoms with Crippen molar-refractivity contribution in [3.05, 3.63) is 47.5 Å². The van der Waals surface area contributed by atoms with Crippen molar-refractivity contribution >= 4 is 0 Å². The molecule has 4 unspecified atom stereocenters.